The Kier molecular flexibility index (Phi) is 6.53. The summed E-state index contributed by atoms with van der Waals surface area (Å²) in [7, 11) is -3.44. The van der Waals surface area contributed by atoms with Gasteiger partial charge < -0.3 is 14.4 Å². The van der Waals surface area contributed by atoms with Crippen molar-refractivity contribution in [3.63, 3.8) is 0 Å². The Balaban J connectivity index is 2.48. The Morgan fingerprint density at radius 3 is 2.32 bits per heavy atom. The molecule has 0 heterocycles. The van der Waals surface area contributed by atoms with Crippen molar-refractivity contribution in [2.75, 3.05) is 18.5 Å². The molecule has 8 heteroatoms. The summed E-state index contributed by atoms with van der Waals surface area (Å²) in [4.78, 5) is 11.2. The van der Waals surface area contributed by atoms with Gasteiger partial charge in [0.05, 0.1) is 23.5 Å². The fraction of sp³-hybridized carbons (Fsp3) is 0.412. The standard InChI is InChI=1S/C17H23N2O5P/c1-4-16(25(22,23-5-2)24-6-3)18-15-12-11-13-9-7-8-10-14(13)17(15)19(20)21/h7-12,16,18H,4-6H2,1-3H3. The Bertz CT molecular complexity index is 786. The highest BCUT2D eigenvalue weighted by molar-refractivity contribution is 7.54. The van der Waals surface area contributed by atoms with Gasteiger partial charge in [0.25, 0.3) is 5.69 Å². The molecule has 2 aromatic carbocycles. The molecule has 0 aliphatic rings. The predicted octanol–water partition coefficient (Wildman–Crippen LogP) is 5.16. The minimum absolute atomic E-state index is 0.0453. The third kappa shape index (κ3) is 4.18. The Morgan fingerprint density at radius 2 is 1.76 bits per heavy atom. The van der Waals surface area contributed by atoms with Gasteiger partial charge in [-0.05, 0) is 37.8 Å². The molecule has 1 unspecified atom stereocenters. The third-order valence-corrected chi connectivity index (χ3v) is 6.29. The van der Waals surface area contributed by atoms with Crippen LogP contribution in [-0.4, -0.2) is 23.9 Å². The first kappa shape index (κ1) is 19.4. The molecule has 0 amide bonds. The van der Waals surface area contributed by atoms with Gasteiger partial charge in [-0.15, -0.1) is 0 Å². The topological polar surface area (TPSA) is 90.7 Å². The molecular weight excluding hydrogens is 343 g/mol. The molecule has 0 spiro atoms. The van der Waals surface area contributed by atoms with Crippen molar-refractivity contribution < 1.29 is 18.5 Å². The number of anilines is 1. The van der Waals surface area contributed by atoms with Crippen LogP contribution in [0.4, 0.5) is 11.4 Å². The van der Waals surface area contributed by atoms with E-state index in [1.54, 1.807) is 38.1 Å². The number of hydrogen-bond acceptors (Lipinski definition) is 6. The van der Waals surface area contributed by atoms with Crippen molar-refractivity contribution in [1.29, 1.82) is 0 Å². The van der Waals surface area contributed by atoms with Gasteiger partial charge in [0.15, 0.2) is 0 Å². The zero-order valence-electron chi connectivity index (χ0n) is 14.6. The van der Waals surface area contributed by atoms with E-state index in [1.807, 2.05) is 19.1 Å². The molecule has 1 atom stereocenters. The zero-order valence-corrected chi connectivity index (χ0v) is 15.5. The number of hydrogen-bond donors (Lipinski definition) is 1. The van der Waals surface area contributed by atoms with Crippen LogP contribution in [0.25, 0.3) is 10.8 Å². The second kappa shape index (κ2) is 8.43. The summed E-state index contributed by atoms with van der Waals surface area (Å²) < 4.78 is 23.8. The van der Waals surface area contributed by atoms with E-state index in [-0.39, 0.29) is 18.9 Å². The monoisotopic (exact) mass is 366 g/mol. The first-order valence-electron chi connectivity index (χ1n) is 8.28. The lowest BCUT2D eigenvalue weighted by Gasteiger charge is -2.27. The summed E-state index contributed by atoms with van der Waals surface area (Å²) in [6, 6.07) is 10.5. The molecule has 0 saturated heterocycles. The van der Waals surface area contributed by atoms with E-state index in [1.165, 1.54) is 0 Å². The maximum absolute atomic E-state index is 13.0. The number of nitrogens with zero attached hydrogens (tertiary/aromatic N) is 1. The van der Waals surface area contributed by atoms with Crippen LogP contribution in [0, 0.1) is 10.1 Å². The molecule has 1 N–H and O–H groups in total. The lowest BCUT2D eigenvalue weighted by molar-refractivity contribution is -0.382. The van der Waals surface area contributed by atoms with E-state index in [0.717, 1.165) is 5.39 Å². The van der Waals surface area contributed by atoms with E-state index in [0.29, 0.717) is 17.5 Å². The number of nitro benzene ring substituents is 1. The highest BCUT2D eigenvalue weighted by Gasteiger charge is 2.35. The summed E-state index contributed by atoms with van der Waals surface area (Å²) in [6.07, 6.45) is 0.432. The molecule has 2 rings (SSSR count). The zero-order chi connectivity index (χ0) is 18.4. The lowest BCUT2D eigenvalue weighted by atomic mass is 10.1. The largest absolute Gasteiger partial charge is 0.366 e. The van der Waals surface area contributed by atoms with Crippen molar-refractivity contribution in [1.82, 2.24) is 0 Å². The maximum Gasteiger partial charge on any atom is 0.352 e. The van der Waals surface area contributed by atoms with Crippen molar-refractivity contribution in [3.8, 4) is 0 Å². The van der Waals surface area contributed by atoms with Gasteiger partial charge in [0, 0.05) is 0 Å². The van der Waals surface area contributed by atoms with Crippen LogP contribution in [0.1, 0.15) is 27.2 Å². The van der Waals surface area contributed by atoms with Gasteiger partial charge in [-0.25, -0.2) is 0 Å². The van der Waals surface area contributed by atoms with Crippen LogP contribution >= 0.6 is 7.60 Å². The van der Waals surface area contributed by atoms with Crippen LogP contribution < -0.4 is 5.32 Å². The van der Waals surface area contributed by atoms with E-state index in [9.17, 15) is 14.7 Å². The van der Waals surface area contributed by atoms with Crippen molar-refractivity contribution in [2.24, 2.45) is 0 Å². The SMILES string of the molecule is CCOP(=O)(OCC)C(CC)Nc1ccc2ccccc2c1[N+](=O)[O-]. The van der Waals surface area contributed by atoms with Gasteiger partial charge in [0.1, 0.15) is 11.5 Å². The summed E-state index contributed by atoms with van der Waals surface area (Å²) in [5.41, 5.74) is 0.256. The first-order valence-corrected chi connectivity index (χ1v) is 9.89. The molecule has 7 nitrogen and oxygen atoms in total. The summed E-state index contributed by atoms with van der Waals surface area (Å²) in [5.74, 6) is -0.674. The average Bonchev–Trinajstić information content (AvgIpc) is 2.59. The summed E-state index contributed by atoms with van der Waals surface area (Å²) in [5, 5.41) is 16.0. The minimum atomic E-state index is -3.44. The molecule has 0 fully saturated rings. The molecule has 0 aromatic heterocycles. The maximum atomic E-state index is 13.0. The Hall–Kier alpha value is -1.95. The van der Waals surface area contributed by atoms with Gasteiger partial charge in [-0.3, -0.25) is 14.7 Å². The Labute approximate surface area is 147 Å². The minimum Gasteiger partial charge on any atom is -0.366 e. The highest BCUT2D eigenvalue weighted by Crippen LogP contribution is 2.54. The van der Waals surface area contributed by atoms with E-state index < -0.39 is 18.3 Å². The quantitative estimate of drug-likeness (QED) is 0.374. The van der Waals surface area contributed by atoms with Crippen LogP contribution in [0.3, 0.4) is 0 Å². The molecular formula is C17H23N2O5P. The van der Waals surface area contributed by atoms with E-state index >= 15 is 0 Å². The number of fused-ring (bicyclic) bond motifs is 1. The molecule has 0 aliphatic heterocycles. The van der Waals surface area contributed by atoms with E-state index in [4.69, 9.17) is 9.05 Å². The second-order valence-electron chi connectivity index (χ2n) is 5.38. The average molecular weight is 366 g/mol. The summed E-state index contributed by atoms with van der Waals surface area (Å²) >= 11 is 0. The highest BCUT2D eigenvalue weighted by atomic mass is 31.2. The second-order valence-corrected chi connectivity index (χ2v) is 7.60. The molecule has 0 saturated carbocycles. The molecule has 25 heavy (non-hydrogen) atoms. The molecule has 0 bridgehead atoms. The smallest absolute Gasteiger partial charge is 0.352 e. The van der Waals surface area contributed by atoms with Crippen molar-refractivity contribution >= 4 is 29.7 Å². The van der Waals surface area contributed by atoms with Crippen molar-refractivity contribution in [3.05, 3.63) is 46.5 Å². The molecule has 0 aliphatic carbocycles. The van der Waals surface area contributed by atoms with Crippen molar-refractivity contribution in [2.45, 2.75) is 33.0 Å². The van der Waals surface area contributed by atoms with Crippen LogP contribution in [0.15, 0.2) is 36.4 Å². The van der Waals surface area contributed by atoms with Crippen LogP contribution in [0.2, 0.25) is 0 Å². The molecule has 136 valence electrons. The number of nitrogens with one attached hydrogen (secondary N) is 1. The van der Waals surface area contributed by atoms with Gasteiger partial charge >= 0.3 is 7.60 Å². The normalized spacial score (nSPS) is 12.9. The fourth-order valence-corrected chi connectivity index (χ4v) is 4.63. The Morgan fingerprint density at radius 1 is 1.12 bits per heavy atom. The number of benzene rings is 2. The lowest BCUT2D eigenvalue weighted by Crippen LogP contribution is -2.22. The van der Waals surface area contributed by atoms with Gasteiger partial charge in [-0.2, -0.15) is 0 Å². The van der Waals surface area contributed by atoms with Gasteiger partial charge in [0.2, 0.25) is 0 Å². The third-order valence-electron chi connectivity index (χ3n) is 3.79. The molecule has 2 aromatic rings. The number of rotatable bonds is 9. The number of nitro groups is 1. The molecule has 0 radical (unpaired) electrons. The fourth-order valence-electron chi connectivity index (χ4n) is 2.73. The van der Waals surface area contributed by atoms with E-state index in [2.05, 4.69) is 5.32 Å². The van der Waals surface area contributed by atoms with Crippen LogP contribution in [0.5, 0.6) is 0 Å². The van der Waals surface area contributed by atoms with Crippen LogP contribution in [-0.2, 0) is 13.6 Å². The predicted molar refractivity (Wildman–Crippen MR) is 99.2 cm³/mol. The summed E-state index contributed by atoms with van der Waals surface area (Å²) in [6.45, 7) is 5.76. The first-order chi connectivity index (χ1) is 12.0. The van der Waals surface area contributed by atoms with Gasteiger partial charge in [-0.1, -0.05) is 31.2 Å².